The van der Waals surface area contributed by atoms with Crippen LogP contribution in [0.3, 0.4) is 0 Å². The van der Waals surface area contributed by atoms with Crippen molar-refractivity contribution in [2.45, 2.75) is 45.6 Å². The van der Waals surface area contributed by atoms with E-state index in [1.165, 1.54) is 24.3 Å². The normalized spacial score (nSPS) is 21.9. The fraction of sp³-hybridized carbons (Fsp3) is 0.346. The number of halogens is 1. The summed E-state index contributed by atoms with van der Waals surface area (Å²) in [6.45, 7) is 9.14. The van der Waals surface area contributed by atoms with Crippen LogP contribution in [0.2, 0.25) is 0 Å². The Bertz CT molecular complexity index is 1300. The van der Waals surface area contributed by atoms with Gasteiger partial charge in [-0.1, -0.05) is 6.92 Å². The van der Waals surface area contributed by atoms with Crippen LogP contribution in [0.15, 0.2) is 35.9 Å². The molecule has 0 spiro atoms. The predicted octanol–water partition coefficient (Wildman–Crippen LogP) is 4.33. The smallest absolute Gasteiger partial charge is 0.335 e. The number of nitrogens with one attached hydrogen (secondary N) is 1. The highest BCUT2D eigenvalue weighted by Crippen LogP contribution is 2.44. The Labute approximate surface area is 202 Å². The number of fused-ring (bicyclic) bond motifs is 2. The maximum atomic E-state index is 15.3. The summed E-state index contributed by atoms with van der Waals surface area (Å²) >= 11 is 0. The Kier molecular flexibility index (Phi) is 5.30. The van der Waals surface area contributed by atoms with E-state index in [1.807, 2.05) is 6.92 Å². The first-order valence-corrected chi connectivity index (χ1v) is 11.5. The minimum atomic E-state index is -0.892. The van der Waals surface area contributed by atoms with Crippen LogP contribution in [0.25, 0.3) is 6.08 Å². The second kappa shape index (κ2) is 8.11. The van der Waals surface area contributed by atoms with Crippen LogP contribution >= 0.6 is 0 Å². The summed E-state index contributed by atoms with van der Waals surface area (Å²) in [5.74, 6) is -1.25. The first-order chi connectivity index (χ1) is 16.6. The molecule has 1 saturated heterocycles. The number of benzene rings is 2. The zero-order valence-electron chi connectivity index (χ0n) is 20.0. The number of rotatable bonds is 3. The summed E-state index contributed by atoms with van der Waals surface area (Å²) in [6.07, 6.45) is 2.09. The standard InChI is InChI=1S/C26H26FN3O5/c1-5-29-20-11-19(27)15(8-17(20)14(2)12-26(29,3)4)9-18-23(31)28-25(33)30(24(18)32)16-6-7-21-22(10-16)35-13-34-21/h6-11,14H,5,12-13H2,1-4H3,(H,28,31,33)/b18-9-. The fourth-order valence-electron chi connectivity index (χ4n) is 5.30. The van der Waals surface area contributed by atoms with Crippen LogP contribution < -0.4 is 24.6 Å². The number of urea groups is 1. The van der Waals surface area contributed by atoms with E-state index in [4.69, 9.17) is 9.47 Å². The number of ether oxygens (including phenoxy) is 2. The monoisotopic (exact) mass is 479 g/mol. The van der Waals surface area contributed by atoms with Gasteiger partial charge in [0.15, 0.2) is 11.5 Å². The number of hydrogen-bond acceptors (Lipinski definition) is 6. The van der Waals surface area contributed by atoms with Crippen LogP contribution in [-0.2, 0) is 9.59 Å². The lowest BCUT2D eigenvalue weighted by Gasteiger charge is -2.47. The maximum Gasteiger partial charge on any atom is 0.335 e. The number of hydrogen-bond donors (Lipinski definition) is 1. The molecule has 0 aromatic heterocycles. The fourth-order valence-corrected chi connectivity index (χ4v) is 5.30. The van der Waals surface area contributed by atoms with E-state index < -0.39 is 23.7 Å². The molecule has 3 aliphatic rings. The van der Waals surface area contributed by atoms with Crippen LogP contribution in [0.5, 0.6) is 11.5 Å². The van der Waals surface area contributed by atoms with Gasteiger partial charge in [-0.2, -0.15) is 0 Å². The molecule has 1 fully saturated rings. The van der Waals surface area contributed by atoms with Crippen LogP contribution in [0.4, 0.5) is 20.6 Å². The van der Waals surface area contributed by atoms with Gasteiger partial charge < -0.3 is 14.4 Å². The van der Waals surface area contributed by atoms with Crippen LogP contribution in [0, 0.1) is 5.82 Å². The summed E-state index contributed by atoms with van der Waals surface area (Å²) in [5, 5.41) is 2.17. The number of barbiturate groups is 1. The molecule has 182 valence electrons. The lowest BCUT2D eigenvalue weighted by Crippen LogP contribution is -2.54. The van der Waals surface area contributed by atoms with E-state index >= 15 is 4.39 Å². The summed E-state index contributed by atoms with van der Waals surface area (Å²) in [6, 6.07) is 6.84. The molecule has 2 aromatic carbocycles. The third-order valence-corrected chi connectivity index (χ3v) is 6.84. The molecule has 0 saturated carbocycles. The number of carbonyl (C=O) groups excluding carboxylic acids is 3. The van der Waals surface area contributed by atoms with Gasteiger partial charge in [0.25, 0.3) is 11.8 Å². The van der Waals surface area contributed by atoms with Gasteiger partial charge in [0.1, 0.15) is 11.4 Å². The largest absolute Gasteiger partial charge is 0.454 e. The number of anilines is 2. The third-order valence-electron chi connectivity index (χ3n) is 6.84. The molecule has 1 atom stereocenters. The van der Waals surface area contributed by atoms with Crippen LogP contribution in [-0.4, -0.2) is 36.7 Å². The van der Waals surface area contributed by atoms with Crippen molar-refractivity contribution >= 4 is 35.3 Å². The molecule has 35 heavy (non-hydrogen) atoms. The summed E-state index contributed by atoms with van der Waals surface area (Å²) in [5.41, 5.74) is 1.62. The van der Waals surface area contributed by atoms with Crippen molar-refractivity contribution < 1.29 is 28.2 Å². The van der Waals surface area contributed by atoms with E-state index in [1.54, 1.807) is 12.1 Å². The zero-order chi connectivity index (χ0) is 25.1. The highest BCUT2D eigenvalue weighted by Gasteiger charge is 2.39. The predicted molar refractivity (Wildman–Crippen MR) is 128 cm³/mol. The molecule has 4 amide bonds. The molecule has 0 bridgehead atoms. The summed E-state index contributed by atoms with van der Waals surface area (Å²) in [7, 11) is 0. The molecule has 1 N–H and O–H groups in total. The van der Waals surface area contributed by atoms with Gasteiger partial charge in [0.05, 0.1) is 5.69 Å². The van der Waals surface area contributed by atoms with Crippen molar-refractivity contribution in [2.24, 2.45) is 0 Å². The average Bonchev–Trinajstić information content (AvgIpc) is 3.25. The van der Waals surface area contributed by atoms with Crippen molar-refractivity contribution in [1.82, 2.24) is 5.32 Å². The highest BCUT2D eigenvalue weighted by atomic mass is 19.1. The van der Waals surface area contributed by atoms with Crippen molar-refractivity contribution in [3.05, 3.63) is 52.8 Å². The van der Waals surface area contributed by atoms with Gasteiger partial charge in [-0.3, -0.25) is 14.9 Å². The Morgan fingerprint density at radius 3 is 2.63 bits per heavy atom. The number of amides is 4. The second-order valence-corrected chi connectivity index (χ2v) is 9.59. The van der Waals surface area contributed by atoms with E-state index in [9.17, 15) is 14.4 Å². The Balaban J connectivity index is 1.55. The van der Waals surface area contributed by atoms with Crippen LogP contribution in [0.1, 0.15) is 51.2 Å². The van der Waals surface area contributed by atoms with Crippen molar-refractivity contribution in [2.75, 3.05) is 23.1 Å². The van der Waals surface area contributed by atoms with Gasteiger partial charge in [0.2, 0.25) is 6.79 Å². The van der Waals surface area contributed by atoms with E-state index in [0.717, 1.165) is 29.1 Å². The number of carbonyl (C=O) groups is 3. The molecular weight excluding hydrogens is 453 g/mol. The first-order valence-electron chi connectivity index (χ1n) is 11.5. The van der Waals surface area contributed by atoms with Crippen molar-refractivity contribution in [3.63, 3.8) is 0 Å². The minimum Gasteiger partial charge on any atom is -0.454 e. The summed E-state index contributed by atoms with van der Waals surface area (Å²) < 4.78 is 25.9. The Morgan fingerprint density at radius 2 is 1.89 bits per heavy atom. The van der Waals surface area contributed by atoms with E-state index in [0.29, 0.717) is 11.5 Å². The number of nitrogens with zero attached hydrogens (tertiary/aromatic N) is 2. The van der Waals surface area contributed by atoms with Gasteiger partial charge >= 0.3 is 6.03 Å². The quantitative estimate of drug-likeness (QED) is 0.521. The van der Waals surface area contributed by atoms with Gasteiger partial charge in [-0.25, -0.2) is 14.1 Å². The molecule has 3 heterocycles. The lowest BCUT2D eigenvalue weighted by atomic mass is 9.79. The molecule has 9 heteroatoms. The SMILES string of the molecule is CCN1c2cc(F)c(/C=C3/C(=O)NC(=O)N(c4ccc5c(c4)OCO5)C3=O)cc2C(C)CC1(C)C. The van der Waals surface area contributed by atoms with Gasteiger partial charge in [-0.05, 0) is 69.0 Å². The molecule has 5 rings (SSSR count). The number of imide groups is 2. The second-order valence-electron chi connectivity index (χ2n) is 9.59. The molecule has 1 unspecified atom stereocenters. The topological polar surface area (TPSA) is 88.2 Å². The molecule has 0 aliphatic carbocycles. The highest BCUT2D eigenvalue weighted by molar-refractivity contribution is 6.39. The van der Waals surface area contributed by atoms with Gasteiger partial charge in [0, 0.05) is 29.4 Å². The third kappa shape index (κ3) is 3.71. The van der Waals surface area contributed by atoms with Crippen molar-refractivity contribution in [3.8, 4) is 11.5 Å². The van der Waals surface area contributed by atoms with Crippen molar-refractivity contribution in [1.29, 1.82) is 0 Å². The Morgan fingerprint density at radius 1 is 1.14 bits per heavy atom. The molecule has 3 aliphatic heterocycles. The zero-order valence-corrected chi connectivity index (χ0v) is 20.0. The first kappa shape index (κ1) is 22.9. The molecular formula is C26H26FN3O5. The lowest BCUT2D eigenvalue weighted by molar-refractivity contribution is -0.122. The van der Waals surface area contributed by atoms with E-state index in [-0.39, 0.29) is 35.1 Å². The van der Waals surface area contributed by atoms with Gasteiger partial charge in [-0.15, -0.1) is 0 Å². The summed E-state index contributed by atoms with van der Waals surface area (Å²) in [4.78, 5) is 41.4. The molecule has 2 aromatic rings. The average molecular weight is 480 g/mol. The Hall–Kier alpha value is -3.88. The van der Waals surface area contributed by atoms with E-state index in [2.05, 4.69) is 31.0 Å². The maximum absolute atomic E-state index is 15.3. The molecule has 8 nitrogen and oxygen atoms in total. The minimum absolute atomic E-state index is 0.0330. The molecule has 0 radical (unpaired) electrons.